The highest BCUT2D eigenvalue weighted by Crippen LogP contribution is 2.30. The zero-order chi connectivity index (χ0) is 13.8. The summed E-state index contributed by atoms with van der Waals surface area (Å²) in [6.45, 7) is 2.10. The van der Waals surface area contributed by atoms with Gasteiger partial charge in [-0.15, -0.1) is 0 Å². The normalized spacial score (nSPS) is 18.1. The van der Waals surface area contributed by atoms with Crippen molar-refractivity contribution in [1.82, 2.24) is 15.1 Å². The van der Waals surface area contributed by atoms with E-state index in [0.29, 0.717) is 6.04 Å². The molecule has 1 atom stereocenters. The van der Waals surface area contributed by atoms with E-state index in [9.17, 15) is 0 Å². The molecule has 1 aromatic rings. The molecule has 1 aliphatic carbocycles. The Kier molecular flexibility index (Phi) is 5.28. The molecule has 19 heavy (non-hydrogen) atoms. The summed E-state index contributed by atoms with van der Waals surface area (Å²) in [5.74, 6) is 0.898. The number of hydrogen-bond acceptors (Lipinski definition) is 2. The van der Waals surface area contributed by atoms with E-state index in [1.807, 2.05) is 11.7 Å². The topological polar surface area (TPSA) is 29.9 Å². The van der Waals surface area contributed by atoms with E-state index in [4.69, 9.17) is 11.6 Å². The SMILES string of the molecule is CCc1nn(C)c(CC(CC2CCCC2)NC)c1Cl. The van der Waals surface area contributed by atoms with Gasteiger partial charge in [0, 0.05) is 19.5 Å². The first kappa shape index (κ1) is 14.9. The highest BCUT2D eigenvalue weighted by Gasteiger charge is 2.22. The monoisotopic (exact) mass is 283 g/mol. The molecule has 4 heteroatoms. The first-order chi connectivity index (χ1) is 9.15. The van der Waals surface area contributed by atoms with E-state index in [0.717, 1.165) is 29.5 Å². The van der Waals surface area contributed by atoms with Crippen LogP contribution in [0.1, 0.15) is 50.4 Å². The fourth-order valence-electron chi connectivity index (χ4n) is 3.23. The lowest BCUT2D eigenvalue weighted by atomic mass is 9.95. The summed E-state index contributed by atoms with van der Waals surface area (Å²) >= 11 is 6.44. The first-order valence-electron chi connectivity index (χ1n) is 7.53. The molecule has 0 aromatic carbocycles. The van der Waals surface area contributed by atoms with E-state index in [1.54, 1.807) is 0 Å². The average Bonchev–Trinajstić information content (AvgIpc) is 3.00. The van der Waals surface area contributed by atoms with Crippen LogP contribution in [0.25, 0.3) is 0 Å². The quantitative estimate of drug-likeness (QED) is 0.868. The standard InChI is InChI=1S/C15H26ClN3/c1-4-13-15(16)14(19(3)18-13)10-12(17-2)9-11-7-5-6-8-11/h11-12,17H,4-10H2,1-3H3. The molecule has 0 spiro atoms. The maximum absolute atomic E-state index is 6.44. The summed E-state index contributed by atoms with van der Waals surface area (Å²) in [7, 11) is 4.06. The predicted molar refractivity (Wildman–Crippen MR) is 80.7 cm³/mol. The average molecular weight is 284 g/mol. The number of aromatic nitrogens is 2. The summed E-state index contributed by atoms with van der Waals surface area (Å²) in [5.41, 5.74) is 2.20. The molecule has 0 radical (unpaired) electrons. The molecule has 1 fully saturated rings. The minimum atomic E-state index is 0.515. The number of aryl methyl sites for hydroxylation is 2. The maximum atomic E-state index is 6.44. The van der Waals surface area contributed by atoms with Gasteiger partial charge in [-0.05, 0) is 25.8 Å². The number of halogens is 1. The Morgan fingerprint density at radius 2 is 2.11 bits per heavy atom. The molecule has 1 aliphatic rings. The van der Waals surface area contributed by atoms with Crippen LogP contribution in [0.5, 0.6) is 0 Å². The molecule has 108 valence electrons. The fraction of sp³-hybridized carbons (Fsp3) is 0.800. The third kappa shape index (κ3) is 3.51. The Balaban J connectivity index is 2.02. The zero-order valence-corrected chi connectivity index (χ0v) is 13.1. The van der Waals surface area contributed by atoms with E-state index < -0.39 is 0 Å². The zero-order valence-electron chi connectivity index (χ0n) is 12.4. The van der Waals surface area contributed by atoms with Gasteiger partial charge in [0.05, 0.1) is 16.4 Å². The molecule has 0 aliphatic heterocycles. The van der Waals surface area contributed by atoms with Crippen molar-refractivity contribution in [1.29, 1.82) is 0 Å². The van der Waals surface area contributed by atoms with E-state index in [-0.39, 0.29) is 0 Å². The Hall–Kier alpha value is -0.540. The van der Waals surface area contributed by atoms with Gasteiger partial charge >= 0.3 is 0 Å². The van der Waals surface area contributed by atoms with Crippen molar-refractivity contribution in [3.8, 4) is 0 Å². The number of nitrogens with one attached hydrogen (secondary N) is 1. The molecule has 1 N–H and O–H groups in total. The Bertz CT molecular complexity index is 408. The summed E-state index contributed by atoms with van der Waals surface area (Å²) in [6.07, 6.45) is 8.77. The number of nitrogens with zero attached hydrogens (tertiary/aromatic N) is 2. The number of rotatable bonds is 6. The Morgan fingerprint density at radius 3 is 2.63 bits per heavy atom. The Labute approximate surface area is 121 Å². The third-order valence-electron chi connectivity index (χ3n) is 4.44. The highest BCUT2D eigenvalue weighted by atomic mass is 35.5. The van der Waals surface area contributed by atoms with Gasteiger partial charge in [0.1, 0.15) is 0 Å². The molecule has 1 unspecified atom stereocenters. The maximum Gasteiger partial charge on any atom is 0.0850 e. The van der Waals surface area contributed by atoms with Crippen molar-refractivity contribution >= 4 is 11.6 Å². The minimum Gasteiger partial charge on any atom is -0.317 e. The van der Waals surface area contributed by atoms with Gasteiger partial charge in [0.2, 0.25) is 0 Å². The van der Waals surface area contributed by atoms with Gasteiger partial charge in [-0.1, -0.05) is 44.2 Å². The second-order valence-corrected chi connectivity index (χ2v) is 6.14. The van der Waals surface area contributed by atoms with Crippen molar-refractivity contribution < 1.29 is 0 Å². The van der Waals surface area contributed by atoms with Crippen LogP contribution in [-0.4, -0.2) is 22.9 Å². The Morgan fingerprint density at radius 1 is 1.42 bits per heavy atom. The summed E-state index contributed by atoms with van der Waals surface area (Å²) in [4.78, 5) is 0. The molecule has 1 aromatic heterocycles. The smallest absolute Gasteiger partial charge is 0.0850 e. The van der Waals surface area contributed by atoms with Crippen LogP contribution in [0.2, 0.25) is 5.02 Å². The summed E-state index contributed by atoms with van der Waals surface area (Å²) < 4.78 is 1.96. The number of hydrogen-bond donors (Lipinski definition) is 1. The highest BCUT2D eigenvalue weighted by molar-refractivity contribution is 6.31. The van der Waals surface area contributed by atoms with Crippen molar-refractivity contribution in [2.24, 2.45) is 13.0 Å². The van der Waals surface area contributed by atoms with Gasteiger partial charge in [0.15, 0.2) is 0 Å². The molecule has 3 nitrogen and oxygen atoms in total. The van der Waals surface area contributed by atoms with Crippen LogP contribution in [0, 0.1) is 5.92 Å². The minimum absolute atomic E-state index is 0.515. The van der Waals surface area contributed by atoms with Crippen molar-refractivity contribution in [3.05, 3.63) is 16.4 Å². The third-order valence-corrected chi connectivity index (χ3v) is 4.88. The lowest BCUT2D eigenvalue weighted by Gasteiger charge is -2.20. The van der Waals surface area contributed by atoms with Gasteiger partial charge < -0.3 is 5.32 Å². The predicted octanol–water partition coefficient (Wildman–Crippen LogP) is 3.35. The first-order valence-corrected chi connectivity index (χ1v) is 7.91. The number of likely N-dealkylation sites (N-methyl/N-ethyl adjacent to an activating group) is 1. The summed E-state index contributed by atoms with van der Waals surface area (Å²) in [6, 6.07) is 0.515. The summed E-state index contributed by atoms with van der Waals surface area (Å²) in [5, 5.41) is 8.84. The van der Waals surface area contributed by atoms with Crippen LogP contribution in [0.15, 0.2) is 0 Å². The van der Waals surface area contributed by atoms with Gasteiger partial charge in [-0.3, -0.25) is 4.68 Å². The van der Waals surface area contributed by atoms with Crippen molar-refractivity contribution in [2.45, 2.75) is 57.9 Å². The van der Waals surface area contributed by atoms with Crippen LogP contribution in [-0.2, 0) is 19.9 Å². The molecular formula is C15H26ClN3. The molecule has 2 rings (SSSR count). The van der Waals surface area contributed by atoms with E-state index in [1.165, 1.54) is 37.8 Å². The van der Waals surface area contributed by atoms with Crippen LogP contribution in [0.4, 0.5) is 0 Å². The van der Waals surface area contributed by atoms with E-state index >= 15 is 0 Å². The van der Waals surface area contributed by atoms with Crippen LogP contribution in [0.3, 0.4) is 0 Å². The van der Waals surface area contributed by atoms with Crippen LogP contribution >= 0.6 is 11.6 Å². The molecule has 1 saturated carbocycles. The van der Waals surface area contributed by atoms with E-state index in [2.05, 4.69) is 24.4 Å². The second kappa shape index (κ2) is 6.76. The largest absolute Gasteiger partial charge is 0.317 e. The molecular weight excluding hydrogens is 258 g/mol. The lowest BCUT2D eigenvalue weighted by Crippen LogP contribution is -2.30. The molecule has 1 heterocycles. The van der Waals surface area contributed by atoms with Crippen molar-refractivity contribution in [3.63, 3.8) is 0 Å². The van der Waals surface area contributed by atoms with Gasteiger partial charge in [0.25, 0.3) is 0 Å². The van der Waals surface area contributed by atoms with Crippen molar-refractivity contribution in [2.75, 3.05) is 7.05 Å². The fourth-order valence-corrected chi connectivity index (χ4v) is 3.60. The molecule has 0 bridgehead atoms. The van der Waals surface area contributed by atoms with Gasteiger partial charge in [-0.2, -0.15) is 5.10 Å². The lowest BCUT2D eigenvalue weighted by molar-refractivity contribution is 0.397. The molecule has 0 saturated heterocycles. The van der Waals surface area contributed by atoms with Gasteiger partial charge in [-0.25, -0.2) is 0 Å². The molecule has 0 amide bonds. The second-order valence-electron chi connectivity index (χ2n) is 5.76. The van der Waals surface area contributed by atoms with Crippen LogP contribution < -0.4 is 5.32 Å².